The Kier molecular flexibility index (Phi) is 8.21. The molecule has 9 heteroatoms. The molecule has 0 aliphatic carbocycles. The molecule has 4 heterocycles. The molecule has 0 saturated carbocycles. The van der Waals surface area contributed by atoms with Gasteiger partial charge in [0.15, 0.2) is 5.82 Å². The Morgan fingerprint density at radius 1 is 1.07 bits per heavy atom. The highest BCUT2D eigenvalue weighted by Crippen LogP contribution is 2.32. The van der Waals surface area contributed by atoms with Crippen LogP contribution in [0.15, 0.2) is 66.9 Å². The molecule has 218 valence electrons. The number of benzene rings is 2. The van der Waals surface area contributed by atoms with Crippen LogP contribution < -0.4 is 9.47 Å². The van der Waals surface area contributed by atoms with Gasteiger partial charge in [0.1, 0.15) is 17.9 Å². The van der Waals surface area contributed by atoms with Crippen molar-refractivity contribution < 1.29 is 24.1 Å². The van der Waals surface area contributed by atoms with Crippen molar-refractivity contribution in [2.24, 2.45) is 0 Å². The van der Waals surface area contributed by atoms with Crippen LogP contribution in [0.5, 0.6) is 11.6 Å². The molecule has 0 bridgehead atoms. The molecule has 0 radical (unpaired) electrons. The fourth-order valence-electron chi connectivity index (χ4n) is 5.72. The molecule has 4 aromatic rings. The molecule has 1 N–H and O–H groups in total. The normalized spacial score (nSPS) is 15.9. The molecule has 1 fully saturated rings. The molecule has 0 amide bonds. The number of carboxylic acid groups (broad SMARTS) is 1. The summed E-state index contributed by atoms with van der Waals surface area (Å²) in [6.45, 7) is 7.94. The number of ether oxygens (including phenoxy) is 3. The van der Waals surface area contributed by atoms with Crippen LogP contribution in [-0.2, 0) is 24.3 Å². The number of rotatable bonds is 9. The van der Waals surface area contributed by atoms with Gasteiger partial charge in [-0.05, 0) is 74.1 Å². The molecule has 1 saturated heterocycles. The molecule has 42 heavy (non-hydrogen) atoms. The Labute approximate surface area is 245 Å². The minimum atomic E-state index is -1.11. The van der Waals surface area contributed by atoms with E-state index < -0.39 is 5.97 Å². The maximum Gasteiger partial charge on any atom is 0.342 e. The lowest BCUT2D eigenvalue weighted by Gasteiger charge is -2.37. The highest BCUT2D eigenvalue weighted by atomic mass is 16.5. The van der Waals surface area contributed by atoms with Gasteiger partial charge in [-0.3, -0.25) is 4.90 Å². The van der Waals surface area contributed by atoms with Crippen molar-refractivity contribution in [1.29, 1.82) is 0 Å². The zero-order chi connectivity index (χ0) is 29.1. The van der Waals surface area contributed by atoms with Crippen LogP contribution in [0.4, 0.5) is 0 Å². The molecule has 0 unspecified atom stereocenters. The number of pyridine rings is 1. The fourth-order valence-corrected chi connectivity index (χ4v) is 5.72. The van der Waals surface area contributed by atoms with E-state index in [4.69, 9.17) is 19.2 Å². The molecule has 2 aromatic heterocycles. The number of carboxylic acids is 1. The summed E-state index contributed by atoms with van der Waals surface area (Å²) in [7, 11) is 0. The van der Waals surface area contributed by atoms with Gasteiger partial charge in [0.2, 0.25) is 5.88 Å². The molecule has 2 aliphatic heterocycles. The number of carbonyl (C=O) groups is 1. The van der Waals surface area contributed by atoms with Crippen LogP contribution in [0.25, 0.3) is 17.1 Å². The van der Waals surface area contributed by atoms with Crippen LogP contribution in [0, 0.1) is 0 Å². The maximum absolute atomic E-state index is 11.8. The molecule has 0 atom stereocenters. The van der Waals surface area contributed by atoms with Crippen molar-refractivity contribution in [2.75, 3.05) is 19.8 Å². The van der Waals surface area contributed by atoms with E-state index in [9.17, 15) is 9.90 Å². The van der Waals surface area contributed by atoms with Crippen molar-refractivity contribution >= 4 is 5.97 Å². The first-order valence-corrected chi connectivity index (χ1v) is 14.6. The van der Waals surface area contributed by atoms with E-state index in [1.807, 2.05) is 50.2 Å². The predicted molar refractivity (Wildman–Crippen MR) is 158 cm³/mol. The van der Waals surface area contributed by atoms with Crippen molar-refractivity contribution in [3.63, 3.8) is 0 Å². The number of aromatic carboxylic acids is 1. The number of nitrogens with zero attached hydrogens (tertiary/aromatic N) is 4. The highest BCUT2D eigenvalue weighted by Gasteiger charge is 2.25. The minimum Gasteiger partial charge on any atom is -0.488 e. The summed E-state index contributed by atoms with van der Waals surface area (Å²) in [5.74, 6) is 0.214. The smallest absolute Gasteiger partial charge is 0.342 e. The molecule has 0 spiro atoms. The number of hydrogen-bond donors (Lipinski definition) is 1. The summed E-state index contributed by atoms with van der Waals surface area (Å²) in [5, 5.41) is 13.9. The Balaban J connectivity index is 1.19. The van der Waals surface area contributed by atoms with Crippen molar-refractivity contribution in [3.8, 4) is 28.7 Å². The van der Waals surface area contributed by atoms with E-state index in [0.29, 0.717) is 24.2 Å². The van der Waals surface area contributed by atoms with Gasteiger partial charge in [-0.25, -0.2) is 9.78 Å². The van der Waals surface area contributed by atoms with Crippen molar-refractivity contribution in [1.82, 2.24) is 19.7 Å². The van der Waals surface area contributed by atoms with Gasteiger partial charge in [-0.2, -0.15) is 9.78 Å². The van der Waals surface area contributed by atoms with Gasteiger partial charge in [-0.15, -0.1) is 0 Å². The summed E-state index contributed by atoms with van der Waals surface area (Å²) in [5.41, 5.74) is 5.45. The zero-order valence-corrected chi connectivity index (χ0v) is 24.0. The summed E-state index contributed by atoms with van der Waals surface area (Å²) < 4.78 is 19.1. The fraction of sp³-hybridized carbons (Fsp3) is 0.364. The van der Waals surface area contributed by atoms with Crippen molar-refractivity contribution in [3.05, 3.63) is 89.1 Å². The van der Waals surface area contributed by atoms with Gasteiger partial charge >= 0.3 is 5.97 Å². The third-order valence-corrected chi connectivity index (χ3v) is 7.83. The van der Waals surface area contributed by atoms with Crippen LogP contribution in [-0.4, -0.2) is 62.6 Å². The van der Waals surface area contributed by atoms with Gasteiger partial charge in [0, 0.05) is 37.9 Å². The summed E-state index contributed by atoms with van der Waals surface area (Å²) in [4.78, 5) is 19.2. The largest absolute Gasteiger partial charge is 0.488 e. The number of hydrogen-bond acceptors (Lipinski definition) is 7. The Hall–Kier alpha value is -4.21. The van der Waals surface area contributed by atoms with E-state index in [1.165, 1.54) is 22.0 Å². The Morgan fingerprint density at radius 2 is 1.90 bits per heavy atom. The standard InChI is InChI=1S/C33H36N4O5/c1-22(2)42-32-28(33(38)39)19-34-37(32)31-9-5-7-29(35-31)27-6-3-4-8-30(27)41-21-23-10-11-25-20-36(15-12-24(25)18-23)26-13-16-40-17-14-26/h3-11,18-19,22,26H,12-17,20-21H2,1-2H3,(H,38,39). The van der Waals surface area contributed by atoms with E-state index >= 15 is 0 Å². The Bertz CT molecular complexity index is 1560. The zero-order valence-electron chi connectivity index (χ0n) is 24.0. The summed E-state index contributed by atoms with van der Waals surface area (Å²) in [6.07, 6.45) is 4.35. The molecule has 9 nitrogen and oxygen atoms in total. The van der Waals surface area contributed by atoms with Crippen LogP contribution in [0.2, 0.25) is 0 Å². The van der Waals surface area contributed by atoms with E-state index in [2.05, 4.69) is 28.2 Å². The minimum absolute atomic E-state index is 0.0130. The predicted octanol–water partition coefficient (Wildman–Crippen LogP) is 5.54. The lowest BCUT2D eigenvalue weighted by atomic mass is 9.95. The quantitative estimate of drug-likeness (QED) is 0.281. The number of fused-ring (bicyclic) bond motifs is 1. The third kappa shape index (κ3) is 6.03. The Morgan fingerprint density at radius 3 is 2.71 bits per heavy atom. The first-order valence-electron chi connectivity index (χ1n) is 14.6. The van der Waals surface area contributed by atoms with Gasteiger partial charge in [0.25, 0.3) is 0 Å². The number of aromatic nitrogens is 3. The maximum atomic E-state index is 11.8. The second kappa shape index (κ2) is 12.3. The van der Waals surface area contributed by atoms with Crippen molar-refractivity contribution in [2.45, 2.75) is 58.4 Å². The van der Waals surface area contributed by atoms with Gasteiger partial charge in [0.05, 0.1) is 18.0 Å². The second-order valence-corrected chi connectivity index (χ2v) is 11.1. The molecule has 6 rings (SSSR count). The van der Waals surface area contributed by atoms with Crippen LogP contribution >= 0.6 is 0 Å². The lowest BCUT2D eigenvalue weighted by molar-refractivity contribution is 0.0290. The third-order valence-electron chi connectivity index (χ3n) is 7.83. The topological polar surface area (TPSA) is 98.9 Å². The van der Waals surface area contributed by atoms with Gasteiger partial charge < -0.3 is 19.3 Å². The SMILES string of the molecule is CC(C)Oc1c(C(=O)O)cnn1-c1cccc(-c2ccccc2OCc2ccc3c(c2)CCN(C2CCOCC2)C3)n1. The van der Waals surface area contributed by atoms with E-state index in [1.54, 1.807) is 6.07 Å². The molecule has 2 aliphatic rings. The average molecular weight is 569 g/mol. The van der Waals surface area contributed by atoms with Gasteiger partial charge in [-0.1, -0.05) is 36.4 Å². The first kappa shape index (κ1) is 27.9. The summed E-state index contributed by atoms with van der Waals surface area (Å²) in [6, 6.07) is 20.7. The monoisotopic (exact) mass is 568 g/mol. The first-order chi connectivity index (χ1) is 20.5. The lowest BCUT2D eigenvalue weighted by Crippen LogP contribution is -2.42. The second-order valence-electron chi connectivity index (χ2n) is 11.1. The summed E-state index contributed by atoms with van der Waals surface area (Å²) >= 11 is 0. The van der Waals surface area contributed by atoms with E-state index in [0.717, 1.165) is 62.4 Å². The van der Waals surface area contributed by atoms with Crippen LogP contribution in [0.3, 0.4) is 0 Å². The molecular formula is C33H36N4O5. The average Bonchev–Trinajstić information content (AvgIpc) is 3.43. The highest BCUT2D eigenvalue weighted by molar-refractivity contribution is 5.90. The van der Waals surface area contributed by atoms with E-state index in [-0.39, 0.29) is 17.5 Å². The number of para-hydroxylation sites is 1. The van der Waals surface area contributed by atoms with Crippen LogP contribution in [0.1, 0.15) is 53.7 Å². The molecular weight excluding hydrogens is 532 g/mol. The molecule has 2 aromatic carbocycles.